The van der Waals surface area contributed by atoms with E-state index in [1.807, 2.05) is 37.3 Å². The first-order valence-corrected chi connectivity index (χ1v) is 6.06. The minimum Gasteiger partial charge on any atom is -0.260 e. The van der Waals surface area contributed by atoms with E-state index in [1.165, 1.54) is 0 Å². The summed E-state index contributed by atoms with van der Waals surface area (Å²) in [7, 11) is -0.880. The molecule has 0 radical (unpaired) electrons. The minimum atomic E-state index is -0.880. The molecule has 1 aromatic rings. The second kappa shape index (κ2) is 5.56. The fourth-order valence-corrected chi connectivity index (χ4v) is 2.07. The zero-order valence-corrected chi connectivity index (χ0v) is 8.96. The Labute approximate surface area is 87.0 Å². The van der Waals surface area contributed by atoms with Crippen LogP contribution in [0.25, 0.3) is 0 Å². The van der Waals surface area contributed by atoms with Gasteiger partial charge in [0.25, 0.3) is 0 Å². The molecule has 0 aromatic heterocycles. The Morgan fingerprint density at radius 3 is 2.57 bits per heavy atom. The lowest BCUT2D eigenvalue weighted by Gasteiger charge is -2.07. The Morgan fingerprint density at radius 2 is 2.07 bits per heavy atom. The predicted molar refractivity (Wildman–Crippen MR) is 58.3 cm³/mol. The van der Waals surface area contributed by atoms with Crippen LogP contribution in [0, 0.1) is 11.3 Å². The van der Waals surface area contributed by atoms with E-state index in [0.29, 0.717) is 11.5 Å². The highest BCUT2D eigenvalue weighted by atomic mass is 32.2. The summed E-state index contributed by atoms with van der Waals surface area (Å²) in [5.74, 6) is 0.819. The standard InChI is InChI=1S/C11H13NOS/c1-2-14(13)9-11(8-12)10-6-4-3-5-7-10/h3-7,11H,2,9H2,1H3. The fraction of sp³-hybridized carbons (Fsp3) is 0.364. The molecule has 3 heteroatoms. The lowest BCUT2D eigenvalue weighted by Crippen LogP contribution is -2.09. The first-order valence-electron chi connectivity index (χ1n) is 4.57. The highest BCUT2D eigenvalue weighted by Crippen LogP contribution is 2.15. The number of nitriles is 1. The van der Waals surface area contributed by atoms with E-state index in [-0.39, 0.29) is 5.92 Å². The predicted octanol–water partition coefficient (Wildman–Crippen LogP) is 2.06. The van der Waals surface area contributed by atoms with Gasteiger partial charge >= 0.3 is 0 Å². The van der Waals surface area contributed by atoms with Crippen molar-refractivity contribution in [3.63, 3.8) is 0 Å². The average molecular weight is 207 g/mol. The highest BCUT2D eigenvalue weighted by Gasteiger charge is 2.12. The molecular formula is C11H13NOS. The zero-order valence-electron chi connectivity index (χ0n) is 8.14. The van der Waals surface area contributed by atoms with Crippen molar-refractivity contribution >= 4 is 10.8 Å². The molecule has 0 bridgehead atoms. The van der Waals surface area contributed by atoms with E-state index in [2.05, 4.69) is 6.07 Å². The third-order valence-electron chi connectivity index (χ3n) is 2.03. The second-order valence-electron chi connectivity index (χ2n) is 2.99. The number of hydrogen-bond acceptors (Lipinski definition) is 2. The van der Waals surface area contributed by atoms with Crippen LogP contribution in [0.3, 0.4) is 0 Å². The Morgan fingerprint density at radius 1 is 1.43 bits per heavy atom. The van der Waals surface area contributed by atoms with Crippen LogP contribution in [0.2, 0.25) is 0 Å². The summed E-state index contributed by atoms with van der Waals surface area (Å²) in [6, 6.07) is 11.7. The second-order valence-corrected chi connectivity index (χ2v) is 4.78. The van der Waals surface area contributed by atoms with E-state index in [1.54, 1.807) is 0 Å². The Hall–Kier alpha value is -1.14. The molecule has 0 aliphatic carbocycles. The number of rotatable bonds is 4. The monoisotopic (exact) mass is 207 g/mol. The van der Waals surface area contributed by atoms with E-state index in [0.717, 1.165) is 5.56 Å². The molecule has 2 atom stereocenters. The zero-order chi connectivity index (χ0) is 10.4. The van der Waals surface area contributed by atoms with Gasteiger partial charge in [0.1, 0.15) is 0 Å². The van der Waals surface area contributed by atoms with E-state index < -0.39 is 10.8 Å². The molecule has 2 unspecified atom stereocenters. The summed E-state index contributed by atoms with van der Waals surface area (Å²) in [5.41, 5.74) is 0.955. The Balaban J connectivity index is 2.74. The van der Waals surface area contributed by atoms with Crippen molar-refractivity contribution < 1.29 is 4.21 Å². The van der Waals surface area contributed by atoms with Gasteiger partial charge in [-0.2, -0.15) is 5.26 Å². The SMILES string of the molecule is CCS(=O)CC(C#N)c1ccccc1. The molecule has 0 saturated heterocycles. The first kappa shape index (κ1) is 10.9. The van der Waals surface area contributed by atoms with Gasteiger partial charge in [0.2, 0.25) is 0 Å². The third kappa shape index (κ3) is 2.97. The van der Waals surface area contributed by atoms with Crippen molar-refractivity contribution in [2.75, 3.05) is 11.5 Å². The van der Waals surface area contributed by atoms with Crippen molar-refractivity contribution in [1.29, 1.82) is 5.26 Å². The maximum absolute atomic E-state index is 11.3. The molecular weight excluding hydrogens is 194 g/mol. The largest absolute Gasteiger partial charge is 0.260 e. The topological polar surface area (TPSA) is 40.9 Å². The van der Waals surface area contributed by atoms with Crippen molar-refractivity contribution in [3.05, 3.63) is 35.9 Å². The Kier molecular flexibility index (Phi) is 4.34. The number of hydrogen-bond donors (Lipinski definition) is 0. The van der Waals surface area contributed by atoms with Crippen molar-refractivity contribution in [1.82, 2.24) is 0 Å². The molecule has 1 rings (SSSR count). The van der Waals surface area contributed by atoms with Crippen LogP contribution in [-0.2, 0) is 10.8 Å². The van der Waals surface area contributed by atoms with Crippen LogP contribution in [0.1, 0.15) is 18.4 Å². The van der Waals surface area contributed by atoms with Crippen molar-refractivity contribution in [3.8, 4) is 6.07 Å². The molecule has 14 heavy (non-hydrogen) atoms. The lowest BCUT2D eigenvalue weighted by atomic mass is 10.0. The highest BCUT2D eigenvalue weighted by molar-refractivity contribution is 7.84. The molecule has 0 saturated carbocycles. The van der Waals surface area contributed by atoms with Crippen LogP contribution in [-0.4, -0.2) is 15.7 Å². The summed E-state index contributed by atoms with van der Waals surface area (Å²) in [6.07, 6.45) is 0. The maximum Gasteiger partial charge on any atom is 0.0827 e. The molecule has 0 aliphatic rings. The molecule has 0 aliphatic heterocycles. The summed E-state index contributed by atoms with van der Waals surface area (Å²) in [6.45, 7) is 1.87. The van der Waals surface area contributed by atoms with Crippen molar-refractivity contribution in [2.45, 2.75) is 12.8 Å². The average Bonchev–Trinajstić information content (AvgIpc) is 2.26. The molecule has 0 spiro atoms. The van der Waals surface area contributed by atoms with Gasteiger partial charge in [0, 0.05) is 22.3 Å². The molecule has 1 aromatic carbocycles. The van der Waals surface area contributed by atoms with Gasteiger partial charge in [-0.1, -0.05) is 37.3 Å². The Bertz CT molecular complexity index is 342. The van der Waals surface area contributed by atoms with Crippen LogP contribution >= 0.6 is 0 Å². The number of nitrogens with zero attached hydrogens (tertiary/aromatic N) is 1. The molecule has 0 fully saturated rings. The van der Waals surface area contributed by atoms with Gasteiger partial charge in [-0.25, -0.2) is 0 Å². The van der Waals surface area contributed by atoms with Gasteiger partial charge in [0.15, 0.2) is 0 Å². The smallest absolute Gasteiger partial charge is 0.0827 e. The maximum atomic E-state index is 11.3. The minimum absolute atomic E-state index is 0.239. The normalized spacial score (nSPS) is 14.3. The summed E-state index contributed by atoms with van der Waals surface area (Å²) < 4.78 is 11.3. The molecule has 0 amide bonds. The fourth-order valence-electron chi connectivity index (χ4n) is 1.20. The van der Waals surface area contributed by atoms with E-state index >= 15 is 0 Å². The van der Waals surface area contributed by atoms with Crippen LogP contribution in [0.5, 0.6) is 0 Å². The van der Waals surface area contributed by atoms with Gasteiger partial charge in [-0.05, 0) is 5.56 Å². The quantitative estimate of drug-likeness (QED) is 0.758. The van der Waals surface area contributed by atoms with Gasteiger partial charge in [0.05, 0.1) is 12.0 Å². The number of benzene rings is 1. The van der Waals surface area contributed by atoms with Crippen LogP contribution in [0.4, 0.5) is 0 Å². The molecule has 2 nitrogen and oxygen atoms in total. The third-order valence-corrected chi connectivity index (χ3v) is 3.38. The van der Waals surface area contributed by atoms with E-state index in [4.69, 9.17) is 5.26 Å². The first-order chi connectivity index (χ1) is 6.77. The molecule has 0 heterocycles. The molecule has 74 valence electrons. The van der Waals surface area contributed by atoms with Crippen molar-refractivity contribution in [2.24, 2.45) is 0 Å². The summed E-state index contributed by atoms with van der Waals surface area (Å²) in [4.78, 5) is 0. The van der Waals surface area contributed by atoms with Crippen LogP contribution in [0.15, 0.2) is 30.3 Å². The van der Waals surface area contributed by atoms with E-state index in [9.17, 15) is 4.21 Å². The van der Waals surface area contributed by atoms with Crippen LogP contribution < -0.4 is 0 Å². The van der Waals surface area contributed by atoms with Gasteiger partial charge in [-0.15, -0.1) is 0 Å². The van der Waals surface area contributed by atoms with Gasteiger partial charge in [-0.3, -0.25) is 4.21 Å². The summed E-state index contributed by atoms with van der Waals surface area (Å²) >= 11 is 0. The van der Waals surface area contributed by atoms with Gasteiger partial charge < -0.3 is 0 Å². The summed E-state index contributed by atoms with van der Waals surface area (Å²) in [5, 5.41) is 8.94. The molecule has 0 N–H and O–H groups in total. The lowest BCUT2D eigenvalue weighted by molar-refractivity contribution is 0.681.